The van der Waals surface area contributed by atoms with Crippen molar-refractivity contribution in [1.82, 2.24) is 10.2 Å². The third-order valence-electron chi connectivity index (χ3n) is 4.89. The van der Waals surface area contributed by atoms with Crippen LogP contribution in [0, 0.1) is 13.8 Å². The highest BCUT2D eigenvalue weighted by Gasteiger charge is 2.31. The molecule has 0 radical (unpaired) electrons. The Morgan fingerprint density at radius 3 is 2.27 bits per heavy atom. The number of ether oxygens (including phenoxy) is 1. The van der Waals surface area contributed by atoms with Gasteiger partial charge in [0.1, 0.15) is 5.75 Å². The summed E-state index contributed by atoms with van der Waals surface area (Å²) in [6, 6.07) is 12.5. The Balaban J connectivity index is 1.96. The average molecular weight is 364 g/mol. The van der Waals surface area contributed by atoms with Crippen LogP contribution in [0.25, 0.3) is 0 Å². The third kappa shape index (κ3) is 4.37. The molecule has 1 heterocycles. The SMILES string of the molecule is Cc1cccc([C@@H](c2ccc(OC(F)(F)F)cc2)N2CCNCC2)c1C. The second-order valence-electron chi connectivity index (χ2n) is 6.59. The molecule has 3 nitrogen and oxygen atoms in total. The van der Waals surface area contributed by atoms with Crippen LogP contribution in [0.3, 0.4) is 0 Å². The minimum atomic E-state index is -4.67. The maximum Gasteiger partial charge on any atom is 0.573 e. The molecule has 26 heavy (non-hydrogen) atoms. The first-order chi connectivity index (χ1) is 12.3. The molecule has 0 saturated carbocycles. The Kier molecular flexibility index (Phi) is 5.53. The minimum absolute atomic E-state index is 0.0111. The first-order valence-corrected chi connectivity index (χ1v) is 8.72. The second-order valence-corrected chi connectivity index (χ2v) is 6.59. The first-order valence-electron chi connectivity index (χ1n) is 8.72. The van der Waals surface area contributed by atoms with Crippen LogP contribution in [-0.4, -0.2) is 37.4 Å². The lowest BCUT2D eigenvalue weighted by atomic mass is 9.91. The summed E-state index contributed by atoms with van der Waals surface area (Å²) in [5.41, 5.74) is 4.58. The first kappa shape index (κ1) is 18.7. The van der Waals surface area contributed by atoms with Gasteiger partial charge in [0.05, 0.1) is 6.04 Å². The molecule has 1 N–H and O–H groups in total. The highest BCUT2D eigenvalue weighted by molar-refractivity contribution is 5.42. The van der Waals surface area contributed by atoms with Crippen LogP contribution in [0.5, 0.6) is 5.75 Å². The Morgan fingerprint density at radius 1 is 1.00 bits per heavy atom. The fraction of sp³-hybridized carbons (Fsp3) is 0.400. The van der Waals surface area contributed by atoms with E-state index in [2.05, 4.69) is 40.9 Å². The highest BCUT2D eigenvalue weighted by Crippen LogP contribution is 2.33. The molecule has 0 bridgehead atoms. The molecule has 0 aromatic heterocycles. The van der Waals surface area contributed by atoms with Gasteiger partial charge in [-0.05, 0) is 48.2 Å². The molecule has 1 saturated heterocycles. The molecule has 6 heteroatoms. The minimum Gasteiger partial charge on any atom is -0.406 e. The molecule has 140 valence electrons. The van der Waals surface area contributed by atoms with E-state index >= 15 is 0 Å². The van der Waals surface area contributed by atoms with E-state index in [1.807, 2.05) is 6.07 Å². The summed E-state index contributed by atoms with van der Waals surface area (Å²) in [4.78, 5) is 2.37. The summed E-state index contributed by atoms with van der Waals surface area (Å²) in [7, 11) is 0. The number of rotatable bonds is 4. The van der Waals surface area contributed by atoms with Crippen molar-refractivity contribution in [2.75, 3.05) is 26.2 Å². The van der Waals surface area contributed by atoms with Gasteiger partial charge >= 0.3 is 6.36 Å². The van der Waals surface area contributed by atoms with Crippen molar-refractivity contribution in [3.63, 3.8) is 0 Å². The van der Waals surface area contributed by atoms with E-state index in [1.165, 1.54) is 28.8 Å². The largest absolute Gasteiger partial charge is 0.573 e. The maximum atomic E-state index is 12.4. The molecule has 1 aliphatic rings. The number of nitrogens with zero attached hydrogens (tertiary/aromatic N) is 1. The van der Waals surface area contributed by atoms with Crippen LogP contribution in [0.4, 0.5) is 13.2 Å². The fourth-order valence-corrected chi connectivity index (χ4v) is 3.45. The third-order valence-corrected chi connectivity index (χ3v) is 4.89. The van der Waals surface area contributed by atoms with Crippen LogP contribution in [0.15, 0.2) is 42.5 Å². The van der Waals surface area contributed by atoms with Gasteiger partial charge in [-0.15, -0.1) is 13.2 Å². The van der Waals surface area contributed by atoms with Crippen molar-refractivity contribution in [3.8, 4) is 5.75 Å². The monoisotopic (exact) mass is 364 g/mol. The van der Waals surface area contributed by atoms with Crippen molar-refractivity contribution in [2.45, 2.75) is 26.3 Å². The summed E-state index contributed by atoms with van der Waals surface area (Å²) in [5, 5.41) is 3.35. The van der Waals surface area contributed by atoms with E-state index < -0.39 is 6.36 Å². The Hall–Kier alpha value is -2.05. The van der Waals surface area contributed by atoms with Crippen LogP contribution in [-0.2, 0) is 0 Å². The number of nitrogens with one attached hydrogen (secondary N) is 1. The van der Waals surface area contributed by atoms with Crippen LogP contribution < -0.4 is 10.1 Å². The zero-order valence-corrected chi connectivity index (χ0v) is 14.9. The summed E-state index contributed by atoms with van der Waals surface area (Å²) in [6.07, 6.45) is -4.67. The van der Waals surface area contributed by atoms with Gasteiger partial charge in [0, 0.05) is 26.2 Å². The van der Waals surface area contributed by atoms with Gasteiger partial charge < -0.3 is 10.1 Å². The zero-order valence-electron chi connectivity index (χ0n) is 14.9. The van der Waals surface area contributed by atoms with E-state index in [1.54, 1.807) is 12.1 Å². The van der Waals surface area contributed by atoms with E-state index in [4.69, 9.17) is 0 Å². The van der Waals surface area contributed by atoms with E-state index in [0.29, 0.717) is 0 Å². The second kappa shape index (κ2) is 7.68. The number of piperazine rings is 1. The van der Waals surface area contributed by atoms with Gasteiger partial charge in [-0.3, -0.25) is 4.90 Å². The standard InChI is InChI=1S/C20H23F3N2O/c1-14-4-3-5-18(15(14)2)19(25-12-10-24-11-13-25)16-6-8-17(9-7-16)26-20(21,22)23/h3-9,19,24H,10-13H2,1-2H3/t19-/m1/s1. The summed E-state index contributed by atoms with van der Waals surface area (Å²) >= 11 is 0. The normalized spacial score (nSPS) is 17.1. The van der Waals surface area contributed by atoms with Crippen molar-refractivity contribution < 1.29 is 17.9 Å². The van der Waals surface area contributed by atoms with E-state index in [9.17, 15) is 13.2 Å². The topological polar surface area (TPSA) is 24.5 Å². The van der Waals surface area contributed by atoms with Crippen molar-refractivity contribution >= 4 is 0 Å². The molecular weight excluding hydrogens is 341 g/mol. The molecule has 1 atom stereocenters. The Bertz CT molecular complexity index is 738. The van der Waals surface area contributed by atoms with Gasteiger partial charge in [-0.2, -0.15) is 0 Å². The predicted molar refractivity (Wildman–Crippen MR) is 95.3 cm³/mol. The quantitative estimate of drug-likeness (QED) is 0.880. The Morgan fingerprint density at radius 2 is 1.65 bits per heavy atom. The average Bonchev–Trinajstić information content (AvgIpc) is 2.60. The smallest absolute Gasteiger partial charge is 0.406 e. The molecule has 1 fully saturated rings. The molecule has 2 aromatic carbocycles. The lowest BCUT2D eigenvalue weighted by Gasteiger charge is -2.36. The van der Waals surface area contributed by atoms with Crippen molar-refractivity contribution in [1.29, 1.82) is 0 Å². The predicted octanol–water partition coefficient (Wildman–Crippen LogP) is 4.20. The van der Waals surface area contributed by atoms with Gasteiger partial charge in [-0.1, -0.05) is 30.3 Å². The van der Waals surface area contributed by atoms with E-state index in [-0.39, 0.29) is 11.8 Å². The summed E-state index contributed by atoms with van der Waals surface area (Å²) in [5.74, 6) is -0.193. The molecule has 1 aliphatic heterocycles. The lowest BCUT2D eigenvalue weighted by Crippen LogP contribution is -2.45. The van der Waals surface area contributed by atoms with Gasteiger partial charge in [-0.25, -0.2) is 0 Å². The van der Waals surface area contributed by atoms with E-state index in [0.717, 1.165) is 31.7 Å². The van der Waals surface area contributed by atoms with Crippen LogP contribution >= 0.6 is 0 Å². The van der Waals surface area contributed by atoms with Gasteiger partial charge in [0.15, 0.2) is 0 Å². The van der Waals surface area contributed by atoms with Crippen molar-refractivity contribution in [2.24, 2.45) is 0 Å². The summed E-state index contributed by atoms with van der Waals surface area (Å²) < 4.78 is 41.3. The summed E-state index contributed by atoms with van der Waals surface area (Å²) in [6.45, 7) is 7.75. The molecule has 0 spiro atoms. The number of halogens is 3. The number of hydrogen-bond acceptors (Lipinski definition) is 3. The zero-order chi connectivity index (χ0) is 18.7. The lowest BCUT2D eigenvalue weighted by molar-refractivity contribution is -0.274. The van der Waals surface area contributed by atoms with Gasteiger partial charge in [0.2, 0.25) is 0 Å². The van der Waals surface area contributed by atoms with Crippen LogP contribution in [0.2, 0.25) is 0 Å². The maximum absolute atomic E-state index is 12.4. The number of hydrogen-bond donors (Lipinski definition) is 1. The molecule has 0 amide bonds. The van der Waals surface area contributed by atoms with Crippen LogP contribution in [0.1, 0.15) is 28.3 Å². The molecule has 0 unspecified atom stereocenters. The molecule has 0 aliphatic carbocycles. The Labute approximate surface area is 151 Å². The number of alkyl halides is 3. The van der Waals surface area contributed by atoms with Gasteiger partial charge in [0.25, 0.3) is 0 Å². The molecule has 2 aromatic rings. The highest BCUT2D eigenvalue weighted by atomic mass is 19.4. The molecule has 3 rings (SSSR count). The number of benzene rings is 2. The van der Waals surface area contributed by atoms with Crippen molar-refractivity contribution in [3.05, 3.63) is 64.7 Å². The number of aryl methyl sites for hydroxylation is 1. The fourth-order valence-electron chi connectivity index (χ4n) is 3.45. The molecular formula is C20H23F3N2O.